The number of nitro groups is 1. The van der Waals surface area contributed by atoms with Gasteiger partial charge in [0.2, 0.25) is 0 Å². The second kappa shape index (κ2) is 7.83. The quantitative estimate of drug-likeness (QED) is 0.430. The molecule has 29 heavy (non-hydrogen) atoms. The van der Waals surface area contributed by atoms with Crippen molar-refractivity contribution in [1.82, 2.24) is 4.90 Å². The number of methoxy groups -OCH3 is 1. The lowest BCUT2D eigenvalue weighted by molar-refractivity contribution is -0.384. The summed E-state index contributed by atoms with van der Waals surface area (Å²) >= 11 is 0. The van der Waals surface area contributed by atoms with Crippen molar-refractivity contribution >= 4 is 17.2 Å². The number of ether oxygens (including phenoxy) is 1. The predicted octanol–water partition coefficient (Wildman–Crippen LogP) is 4.20. The molecule has 2 aromatic rings. The highest BCUT2D eigenvalue weighted by molar-refractivity contribution is 5.95. The van der Waals surface area contributed by atoms with Gasteiger partial charge in [0.15, 0.2) is 5.78 Å². The number of rotatable bonds is 7. The number of carbonyl (C=O) groups is 1. The molecule has 1 aliphatic heterocycles. The molecule has 2 atom stereocenters. The number of hydrogen-bond donors (Lipinski definition) is 1. The molecule has 0 aromatic heterocycles. The van der Waals surface area contributed by atoms with Crippen LogP contribution >= 0.6 is 0 Å². The van der Waals surface area contributed by atoms with Crippen molar-refractivity contribution in [2.24, 2.45) is 0 Å². The van der Waals surface area contributed by atoms with Gasteiger partial charge in [0.1, 0.15) is 11.4 Å². The smallest absolute Gasteiger partial charge is 0.293 e. The van der Waals surface area contributed by atoms with E-state index < -0.39 is 4.92 Å². The van der Waals surface area contributed by atoms with Crippen LogP contribution in [-0.4, -0.2) is 41.3 Å². The second-order valence-corrected chi connectivity index (χ2v) is 7.78. The number of likely N-dealkylation sites (tertiary alicyclic amines) is 1. The van der Waals surface area contributed by atoms with Gasteiger partial charge < -0.3 is 10.1 Å². The molecule has 7 nitrogen and oxygen atoms in total. The lowest BCUT2D eigenvalue weighted by Gasteiger charge is -2.30. The molecule has 0 amide bonds. The number of nitrogens with zero attached hydrogens (tertiary/aromatic N) is 2. The van der Waals surface area contributed by atoms with Gasteiger partial charge in [-0.25, -0.2) is 0 Å². The van der Waals surface area contributed by atoms with E-state index in [4.69, 9.17) is 4.74 Å². The first-order valence-corrected chi connectivity index (χ1v) is 9.93. The highest BCUT2D eigenvalue weighted by Crippen LogP contribution is 2.43. The van der Waals surface area contributed by atoms with Crippen LogP contribution in [0.5, 0.6) is 5.75 Å². The first kappa shape index (κ1) is 19.4. The minimum absolute atomic E-state index is 0.0320. The van der Waals surface area contributed by atoms with E-state index in [1.165, 1.54) is 25.8 Å². The SMILES string of the molecule is COc1cccc(C2C(Nc3ccc(C(C)=O)cc3[N+](=O)[O-])CCN2C2CC2)c1. The first-order chi connectivity index (χ1) is 14.0. The molecule has 1 heterocycles. The maximum absolute atomic E-state index is 11.6. The van der Waals surface area contributed by atoms with Gasteiger partial charge in [0.25, 0.3) is 5.69 Å². The highest BCUT2D eigenvalue weighted by Gasteiger charge is 2.43. The third-order valence-electron chi connectivity index (χ3n) is 5.83. The Hall–Kier alpha value is -2.93. The Morgan fingerprint density at radius 1 is 1.21 bits per heavy atom. The Morgan fingerprint density at radius 2 is 2.00 bits per heavy atom. The van der Waals surface area contributed by atoms with E-state index in [1.54, 1.807) is 19.2 Å². The van der Waals surface area contributed by atoms with Gasteiger partial charge in [0.05, 0.1) is 18.1 Å². The van der Waals surface area contributed by atoms with Gasteiger partial charge >= 0.3 is 0 Å². The van der Waals surface area contributed by atoms with Crippen molar-refractivity contribution in [2.45, 2.75) is 44.3 Å². The largest absolute Gasteiger partial charge is 0.497 e. The molecule has 2 fully saturated rings. The van der Waals surface area contributed by atoms with Crippen LogP contribution in [0.1, 0.15) is 48.1 Å². The fourth-order valence-corrected chi connectivity index (χ4v) is 4.26. The number of benzene rings is 2. The molecule has 152 valence electrons. The van der Waals surface area contributed by atoms with Gasteiger partial charge in [-0.2, -0.15) is 0 Å². The van der Waals surface area contributed by atoms with Crippen molar-refractivity contribution < 1.29 is 14.5 Å². The molecule has 7 heteroatoms. The molecule has 2 aromatic carbocycles. The summed E-state index contributed by atoms with van der Waals surface area (Å²) < 4.78 is 5.41. The maximum Gasteiger partial charge on any atom is 0.293 e. The van der Waals surface area contributed by atoms with Crippen molar-refractivity contribution in [2.75, 3.05) is 19.0 Å². The summed E-state index contributed by atoms with van der Waals surface area (Å²) in [4.78, 5) is 25.3. The minimum Gasteiger partial charge on any atom is -0.497 e. The van der Waals surface area contributed by atoms with Gasteiger partial charge in [-0.05, 0) is 56.0 Å². The van der Waals surface area contributed by atoms with Crippen molar-refractivity contribution in [3.8, 4) is 5.75 Å². The molecular weight excluding hydrogens is 370 g/mol. The number of carbonyl (C=O) groups excluding carboxylic acids is 1. The third-order valence-corrected chi connectivity index (χ3v) is 5.83. The van der Waals surface area contributed by atoms with Crippen LogP contribution in [0.25, 0.3) is 0 Å². The Balaban J connectivity index is 1.66. The minimum atomic E-state index is -0.428. The summed E-state index contributed by atoms with van der Waals surface area (Å²) in [6.45, 7) is 2.36. The topological polar surface area (TPSA) is 84.7 Å². The molecule has 2 aliphatic rings. The van der Waals surface area contributed by atoms with E-state index >= 15 is 0 Å². The van der Waals surface area contributed by atoms with Gasteiger partial charge in [-0.15, -0.1) is 0 Å². The van der Waals surface area contributed by atoms with Crippen LogP contribution in [0.4, 0.5) is 11.4 Å². The molecule has 1 aliphatic carbocycles. The lowest BCUT2D eigenvalue weighted by atomic mass is 9.99. The first-order valence-electron chi connectivity index (χ1n) is 9.93. The number of Topliss-reactive ketones (excluding diaryl/α,β-unsaturated/α-hetero) is 1. The lowest BCUT2D eigenvalue weighted by Crippen LogP contribution is -2.32. The zero-order chi connectivity index (χ0) is 20.5. The monoisotopic (exact) mass is 395 g/mol. The zero-order valence-electron chi connectivity index (χ0n) is 16.6. The van der Waals surface area contributed by atoms with E-state index in [-0.39, 0.29) is 23.6 Å². The standard InChI is InChI=1S/C22H25N3O4/c1-14(26)15-6-9-19(21(13-15)25(27)28)23-20-10-11-24(17-7-8-17)22(20)16-4-3-5-18(12-16)29-2/h3-6,9,12-13,17,20,22-23H,7-8,10-11H2,1-2H3. The molecule has 0 spiro atoms. The summed E-state index contributed by atoms with van der Waals surface area (Å²) in [5.41, 5.74) is 1.88. The van der Waals surface area contributed by atoms with Crippen LogP contribution in [0.3, 0.4) is 0 Å². The van der Waals surface area contributed by atoms with Crippen LogP contribution in [-0.2, 0) is 0 Å². The Morgan fingerprint density at radius 3 is 2.66 bits per heavy atom. The number of nitro benzene ring substituents is 1. The average Bonchev–Trinajstić information content (AvgIpc) is 3.48. The number of nitrogens with one attached hydrogen (secondary N) is 1. The van der Waals surface area contributed by atoms with Crippen LogP contribution < -0.4 is 10.1 Å². The molecule has 1 saturated heterocycles. The van der Waals surface area contributed by atoms with E-state index in [0.717, 1.165) is 24.3 Å². The molecule has 0 bridgehead atoms. The number of ketones is 1. The fourth-order valence-electron chi connectivity index (χ4n) is 4.26. The van der Waals surface area contributed by atoms with E-state index in [9.17, 15) is 14.9 Å². The van der Waals surface area contributed by atoms with Gasteiger partial charge in [-0.1, -0.05) is 12.1 Å². The Labute approximate surface area is 169 Å². The number of hydrogen-bond acceptors (Lipinski definition) is 6. The molecule has 0 radical (unpaired) electrons. The Kier molecular flexibility index (Phi) is 5.24. The van der Waals surface area contributed by atoms with E-state index in [0.29, 0.717) is 17.3 Å². The highest BCUT2D eigenvalue weighted by atomic mass is 16.6. The van der Waals surface area contributed by atoms with Gasteiger partial charge in [-0.3, -0.25) is 19.8 Å². The third kappa shape index (κ3) is 3.96. The van der Waals surface area contributed by atoms with Crippen LogP contribution in [0.15, 0.2) is 42.5 Å². The molecule has 1 N–H and O–H groups in total. The van der Waals surface area contributed by atoms with Crippen molar-refractivity contribution in [3.63, 3.8) is 0 Å². The molecule has 4 rings (SSSR count). The summed E-state index contributed by atoms with van der Waals surface area (Å²) in [5, 5.41) is 15.0. The van der Waals surface area contributed by atoms with Gasteiger partial charge in [0, 0.05) is 30.3 Å². The van der Waals surface area contributed by atoms with Crippen molar-refractivity contribution in [3.05, 3.63) is 63.7 Å². The number of anilines is 1. The zero-order valence-corrected chi connectivity index (χ0v) is 16.6. The summed E-state index contributed by atoms with van der Waals surface area (Å²) in [5.74, 6) is 0.621. The summed E-state index contributed by atoms with van der Waals surface area (Å²) in [7, 11) is 1.65. The fraction of sp³-hybridized carbons (Fsp3) is 0.409. The van der Waals surface area contributed by atoms with Crippen LogP contribution in [0.2, 0.25) is 0 Å². The van der Waals surface area contributed by atoms with E-state index in [1.807, 2.05) is 18.2 Å². The molecule has 2 unspecified atom stereocenters. The summed E-state index contributed by atoms with van der Waals surface area (Å²) in [6.07, 6.45) is 3.28. The summed E-state index contributed by atoms with van der Waals surface area (Å²) in [6, 6.07) is 13.4. The molecular formula is C22H25N3O4. The maximum atomic E-state index is 11.6. The normalized spacial score (nSPS) is 21.7. The predicted molar refractivity (Wildman–Crippen MR) is 111 cm³/mol. The average molecular weight is 395 g/mol. The Bertz CT molecular complexity index is 941. The second-order valence-electron chi connectivity index (χ2n) is 7.78. The van der Waals surface area contributed by atoms with E-state index in [2.05, 4.69) is 16.3 Å². The molecule has 1 saturated carbocycles. The van der Waals surface area contributed by atoms with Crippen molar-refractivity contribution in [1.29, 1.82) is 0 Å². The van der Waals surface area contributed by atoms with Crippen LogP contribution in [0, 0.1) is 10.1 Å².